The summed E-state index contributed by atoms with van der Waals surface area (Å²) in [5, 5.41) is 2.77. The van der Waals surface area contributed by atoms with Gasteiger partial charge in [-0.3, -0.25) is 9.59 Å². The molecule has 2 amide bonds. The normalized spacial score (nSPS) is 20.0. The summed E-state index contributed by atoms with van der Waals surface area (Å²) in [6.07, 6.45) is 0.863. The highest BCUT2D eigenvalue weighted by atomic mass is 79.9. The molecular formula is C16H21BrN2O2. The summed E-state index contributed by atoms with van der Waals surface area (Å²) in [7, 11) is 0. The van der Waals surface area contributed by atoms with Crippen molar-refractivity contribution in [3.63, 3.8) is 0 Å². The maximum Gasteiger partial charge on any atom is 0.241 e. The van der Waals surface area contributed by atoms with Crippen LogP contribution in [0.5, 0.6) is 0 Å². The average Bonchev–Trinajstić information content (AvgIpc) is 3.26. The maximum absolute atomic E-state index is 12.1. The first-order valence-electron chi connectivity index (χ1n) is 7.37. The zero-order valence-corrected chi connectivity index (χ0v) is 14.0. The first-order chi connectivity index (χ1) is 10.1. The van der Waals surface area contributed by atoms with Crippen LogP contribution in [0.1, 0.15) is 31.7 Å². The topological polar surface area (TPSA) is 49.4 Å². The Bertz CT molecular complexity index is 529. The van der Waals surface area contributed by atoms with Gasteiger partial charge in [-0.1, -0.05) is 28.1 Å². The molecule has 4 nitrogen and oxygen atoms in total. The van der Waals surface area contributed by atoms with Crippen molar-refractivity contribution < 1.29 is 9.59 Å². The lowest BCUT2D eigenvalue weighted by atomic mass is 10.1. The van der Waals surface area contributed by atoms with Crippen molar-refractivity contribution in [2.45, 2.75) is 26.2 Å². The van der Waals surface area contributed by atoms with Gasteiger partial charge in [0.05, 0.1) is 6.54 Å². The Morgan fingerprint density at radius 2 is 2.05 bits per heavy atom. The predicted molar refractivity (Wildman–Crippen MR) is 85.9 cm³/mol. The number of rotatable bonds is 6. The van der Waals surface area contributed by atoms with Crippen molar-refractivity contribution in [2.75, 3.05) is 19.6 Å². The Morgan fingerprint density at radius 1 is 1.33 bits per heavy atom. The van der Waals surface area contributed by atoms with Crippen molar-refractivity contribution in [2.24, 2.45) is 5.92 Å². The van der Waals surface area contributed by atoms with Crippen LogP contribution in [-0.4, -0.2) is 36.3 Å². The van der Waals surface area contributed by atoms with Gasteiger partial charge in [0.2, 0.25) is 11.8 Å². The number of hydrogen-bond acceptors (Lipinski definition) is 2. The fourth-order valence-corrected chi connectivity index (χ4v) is 2.99. The lowest BCUT2D eigenvalue weighted by molar-refractivity contribution is -0.132. The summed E-state index contributed by atoms with van der Waals surface area (Å²) >= 11 is 3.45. The maximum atomic E-state index is 12.1. The van der Waals surface area contributed by atoms with Gasteiger partial charge in [0.25, 0.3) is 0 Å². The van der Waals surface area contributed by atoms with Crippen LogP contribution < -0.4 is 5.32 Å². The van der Waals surface area contributed by atoms with E-state index < -0.39 is 0 Å². The highest BCUT2D eigenvalue weighted by molar-refractivity contribution is 9.10. The van der Waals surface area contributed by atoms with Crippen LogP contribution in [-0.2, 0) is 9.59 Å². The predicted octanol–water partition coefficient (Wildman–Crippen LogP) is 2.54. The number of carbonyl (C=O) groups is 2. The minimum Gasteiger partial charge on any atom is -0.347 e. The first-order valence-corrected chi connectivity index (χ1v) is 8.17. The highest BCUT2D eigenvalue weighted by Crippen LogP contribution is 2.47. The van der Waals surface area contributed by atoms with Crippen LogP contribution in [0.2, 0.25) is 0 Å². The number of halogens is 1. The molecule has 0 spiro atoms. The van der Waals surface area contributed by atoms with Crippen molar-refractivity contribution in [1.29, 1.82) is 0 Å². The third-order valence-electron chi connectivity index (χ3n) is 3.93. The molecule has 2 rings (SSSR count). The van der Waals surface area contributed by atoms with Gasteiger partial charge < -0.3 is 10.2 Å². The van der Waals surface area contributed by atoms with E-state index >= 15 is 0 Å². The summed E-state index contributed by atoms with van der Waals surface area (Å²) in [6.45, 7) is 5.33. The number of likely N-dealkylation sites (N-methyl/N-ethyl adjacent to an activating group) is 1. The molecule has 1 aliphatic carbocycles. The summed E-state index contributed by atoms with van der Waals surface area (Å²) in [5.74, 6) is 0.253. The lowest BCUT2D eigenvalue weighted by Crippen LogP contribution is -2.40. The molecule has 1 N–H and O–H groups in total. The smallest absolute Gasteiger partial charge is 0.241 e. The van der Waals surface area contributed by atoms with E-state index in [1.54, 1.807) is 4.90 Å². The van der Waals surface area contributed by atoms with Gasteiger partial charge in [0, 0.05) is 23.5 Å². The van der Waals surface area contributed by atoms with Crippen molar-refractivity contribution >= 4 is 27.7 Å². The summed E-state index contributed by atoms with van der Waals surface area (Å²) < 4.78 is 1.03. The van der Waals surface area contributed by atoms with Crippen molar-refractivity contribution in [1.82, 2.24) is 10.2 Å². The Kier molecular flexibility index (Phi) is 5.39. The zero-order chi connectivity index (χ0) is 15.4. The van der Waals surface area contributed by atoms with E-state index in [4.69, 9.17) is 0 Å². The molecule has 0 heterocycles. The molecule has 1 fully saturated rings. The van der Waals surface area contributed by atoms with E-state index in [0.717, 1.165) is 10.9 Å². The van der Waals surface area contributed by atoms with Crippen molar-refractivity contribution in [3.05, 3.63) is 34.3 Å². The van der Waals surface area contributed by atoms with E-state index in [0.29, 0.717) is 13.1 Å². The monoisotopic (exact) mass is 352 g/mol. The number of carbonyl (C=O) groups excluding carboxylic acids is 2. The van der Waals surface area contributed by atoms with Crippen LogP contribution in [0.15, 0.2) is 28.7 Å². The molecule has 0 bridgehead atoms. The van der Waals surface area contributed by atoms with Gasteiger partial charge in [-0.05, 0) is 43.9 Å². The molecule has 0 aliphatic heterocycles. The van der Waals surface area contributed by atoms with Crippen LogP contribution in [0.25, 0.3) is 0 Å². The Labute approximate surface area is 134 Å². The minimum absolute atomic E-state index is 0.00352. The molecule has 114 valence electrons. The Hall–Kier alpha value is -1.36. The number of nitrogens with one attached hydrogen (secondary N) is 1. The van der Waals surface area contributed by atoms with Crippen LogP contribution in [0.3, 0.4) is 0 Å². The van der Waals surface area contributed by atoms with Gasteiger partial charge >= 0.3 is 0 Å². The van der Waals surface area contributed by atoms with Crippen LogP contribution in [0, 0.1) is 5.92 Å². The molecule has 1 aromatic rings. The second-order valence-corrected chi connectivity index (χ2v) is 6.20. The van der Waals surface area contributed by atoms with Crippen molar-refractivity contribution in [3.8, 4) is 0 Å². The molecule has 0 saturated heterocycles. The zero-order valence-electron chi connectivity index (χ0n) is 12.4. The van der Waals surface area contributed by atoms with Gasteiger partial charge in [0.15, 0.2) is 0 Å². The molecule has 0 radical (unpaired) electrons. The second kappa shape index (κ2) is 7.07. The number of benzene rings is 1. The second-order valence-electron chi connectivity index (χ2n) is 5.29. The standard InChI is InChI=1S/C16H21BrN2O2/c1-3-19(4-2)15(20)10-18-16(21)14-9-13(14)11-6-5-7-12(17)8-11/h5-8,13-14H,3-4,9-10H2,1-2H3,(H,18,21). The fourth-order valence-electron chi connectivity index (χ4n) is 2.57. The number of amides is 2. The number of nitrogens with zero attached hydrogens (tertiary/aromatic N) is 1. The quantitative estimate of drug-likeness (QED) is 0.855. The Morgan fingerprint density at radius 3 is 2.67 bits per heavy atom. The summed E-state index contributed by atoms with van der Waals surface area (Å²) in [6, 6.07) is 8.06. The molecule has 1 aliphatic rings. The molecule has 1 saturated carbocycles. The van der Waals surface area contributed by atoms with E-state index in [-0.39, 0.29) is 30.2 Å². The van der Waals surface area contributed by atoms with Crippen LogP contribution >= 0.6 is 15.9 Å². The third-order valence-corrected chi connectivity index (χ3v) is 4.43. The van der Waals surface area contributed by atoms with E-state index in [1.165, 1.54) is 5.56 Å². The van der Waals surface area contributed by atoms with E-state index in [9.17, 15) is 9.59 Å². The fraction of sp³-hybridized carbons (Fsp3) is 0.500. The molecule has 21 heavy (non-hydrogen) atoms. The van der Waals surface area contributed by atoms with Gasteiger partial charge in [0.1, 0.15) is 0 Å². The summed E-state index contributed by atoms with van der Waals surface area (Å²) in [5.41, 5.74) is 1.18. The largest absolute Gasteiger partial charge is 0.347 e. The lowest BCUT2D eigenvalue weighted by Gasteiger charge is -2.18. The van der Waals surface area contributed by atoms with Crippen LogP contribution in [0.4, 0.5) is 0 Å². The third kappa shape index (κ3) is 4.06. The van der Waals surface area contributed by atoms with E-state index in [2.05, 4.69) is 27.3 Å². The van der Waals surface area contributed by atoms with Gasteiger partial charge in [-0.25, -0.2) is 0 Å². The Balaban J connectivity index is 1.82. The van der Waals surface area contributed by atoms with E-state index in [1.807, 2.05) is 32.0 Å². The molecular weight excluding hydrogens is 332 g/mol. The molecule has 0 aromatic heterocycles. The summed E-state index contributed by atoms with van der Waals surface area (Å²) in [4.78, 5) is 25.7. The molecule has 2 unspecified atom stereocenters. The van der Waals surface area contributed by atoms with Gasteiger partial charge in [-0.15, -0.1) is 0 Å². The molecule has 5 heteroatoms. The van der Waals surface area contributed by atoms with Gasteiger partial charge in [-0.2, -0.15) is 0 Å². The minimum atomic E-state index is -0.0204. The average molecular weight is 353 g/mol. The number of hydrogen-bond donors (Lipinski definition) is 1. The highest BCUT2D eigenvalue weighted by Gasteiger charge is 2.43. The SMILES string of the molecule is CCN(CC)C(=O)CNC(=O)C1CC1c1cccc(Br)c1. The molecule has 2 atom stereocenters. The molecule has 1 aromatic carbocycles. The first kappa shape index (κ1) is 16.0.